The lowest BCUT2D eigenvalue weighted by Gasteiger charge is -2.34. The Balaban J connectivity index is 2.05. The summed E-state index contributed by atoms with van der Waals surface area (Å²) in [4.78, 5) is 25.6. The average molecular weight is 268 g/mol. The van der Waals surface area contributed by atoms with Gasteiger partial charge in [0.05, 0.1) is 13.7 Å². The van der Waals surface area contributed by atoms with Crippen LogP contribution in [0.5, 0.6) is 0 Å². The van der Waals surface area contributed by atoms with Gasteiger partial charge in [0.1, 0.15) is 0 Å². The number of carbonyl (C=O) groups excluding carboxylic acids is 2. The first-order valence-electron chi connectivity index (χ1n) is 7.30. The van der Waals surface area contributed by atoms with Crippen LogP contribution in [0.4, 0.5) is 0 Å². The predicted octanol–water partition coefficient (Wildman–Crippen LogP) is 1.07. The van der Waals surface area contributed by atoms with E-state index < -0.39 is 0 Å². The molecule has 0 spiro atoms. The molecule has 0 aromatic rings. The van der Waals surface area contributed by atoms with Gasteiger partial charge in [0.25, 0.3) is 0 Å². The van der Waals surface area contributed by atoms with E-state index in [4.69, 9.17) is 4.74 Å². The van der Waals surface area contributed by atoms with Crippen molar-refractivity contribution < 1.29 is 14.3 Å². The molecule has 1 aliphatic heterocycles. The van der Waals surface area contributed by atoms with E-state index in [1.54, 1.807) is 0 Å². The first-order chi connectivity index (χ1) is 9.20. The molecule has 1 heterocycles. The van der Waals surface area contributed by atoms with Gasteiger partial charge in [-0.15, -0.1) is 0 Å². The number of rotatable bonds is 4. The van der Waals surface area contributed by atoms with E-state index >= 15 is 0 Å². The number of ether oxygens (including phenoxy) is 1. The minimum absolute atomic E-state index is 0.107. The topological polar surface area (TPSA) is 58.6 Å². The molecule has 1 saturated carbocycles. The lowest BCUT2D eigenvalue weighted by Crippen LogP contribution is -2.46. The van der Waals surface area contributed by atoms with Gasteiger partial charge in [-0.05, 0) is 25.7 Å². The van der Waals surface area contributed by atoms with Crippen LogP contribution in [0.1, 0.15) is 44.9 Å². The Bertz CT molecular complexity index is 327. The van der Waals surface area contributed by atoms with Gasteiger partial charge in [0.15, 0.2) is 0 Å². The first kappa shape index (κ1) is 14.3. The number of amides is 1. The molecule has 2 fully saturated rings. The van der Waals surface area contributed by atoms with E-state index in [0.29, 0.717) is 19.0 Å². The SMILES string of the molecule is COC(=O)CN(C1CCCC1)C1CCCNC(=O)C1. The van der Waals surface area contributed by atoms with Crippen molar-refractivity contribution in [2.24, 2.45) is 0 Å². The van der Waals surface area contributed by atoms with Crippen LogP contribution in [0.3, 0.4) is 0 Å². The first-order valence-corrected chi connectivity index (χ1v) is 7.30. The van der Waals surface area contributed by atoms with Crippen LogP contribution in [-0.4, -0.2) is 49.1 Å². The Kier molecular flexibility index (Phi) is 5.19. The Morgan fingerprint density at radius 3 is 2.63 bits per heavy atom. The highest BCUT2D eigenvalue weighted by atomic mass is 16.5. The van der Waals surface area contributed by atoms with Crippen LogP contribution < -0.4 is 5.32 Å². The summed E-state index contributed by atoms with van der Waals surface area (Å²) in [5.41, 5.74) is 0. The molecule has 19 heavy (non-hydrogen) atoms. The fraction of sp³-hybridized carbons (Fsp3) is 0.857. The third kappa shape index (κ3) is 3.93. The maximum atomic E-state index is 11.7. The quantitative estimate of drug-likeness (QED) is 0.775. The van der Waals surface area contributed by atoms with Crippen molar-refractivity contribution >= 4 is 11.9 Å². The second-order valence-electron chi connectivity index (χ2n) is 5.54. The zero-order valence-corrected chi connectivity index (χ0v) is 11.7. The summed E-state index contributed by atoms with van der Waals surface area (Å²) in [6, 6.07) is 0.625. The van der Waals surface area contributed by atoms with E-state index in [2.05, 4.69) is 10.2 Å². The van der Waals surface area contributed by atoms with Crippen molar-refractivity contribution in [3.63, 3.8) is 0 Å². The standard InChI is InChI=1S/C14H24N2O3/c1-19-14(18)10-16(11-5-2-3-6-11)12-7-4-8-15-13(17)9-12/h11-12H,2-10H2,1H3,(H,15,17). The molecule has 108 valence electrons. The second-order valence-corrected chi connectivity index (χ2v) is 5.54. The molecule has 0 aromatic heterocycles. The molecular weight excluding hydrogens is 244 g/mol. The molecule has 0 aromatic carbocycles. The number of nitrogens with zero attached hydrogens (tertiary/aromatic N) is 1. The zero-order valence-electron chi connectivity index (χ0n) is 11.7. The number of methoxy groups -OCH3 is 1. The molecule has 1 amide bonds. The molecule has 1 aliphatic carbocycles. The Hall–Kier alpha value is -1.10. The van der Waals surface area contributed by atoms with Crippen molar-refractivity contribution in [3.8, 4) is 0 Å². The summed E-state index contributed by atoms with van der Waals surface area (Å²) in [5, 5.41) is 2.91. The Morgan fingerprint density at radius 1 is 1.26 bits per heavy atom. The second kappa shape index (κ2) is 6.89. The van der Waals surface area contributed by atoms with Gasteiger partial charge in [-0.2, -0.15) is 0 Å². The fourth-order valence-electron chi connectivity index (χ4n) is 3.24. The van der Waals surface area contributed by atoms with Gasteiger partial charge in [0.2, 0.25) is 5.91 Å². The maximum absolute atomic E-state index is 11.7. The Morgan fingerprint density at radius 2 is 1.95 bits per heavy atom. The molecule has 0 bridgehead atoms. The van der Waals surface area contributed by atoms with Gasteiger partial charge in [-0.3, -0.25) is 14.5 Å². The van der Waals surface area contributed by atoms with Gasteiger partial charge in [-0.1, -0.05) is 12.8 Å². The largest absolute Gasteiger partial charge is 0.468 e. The summed E-state index contributed by atoms with van der Waals surface area (Å²) in [6.07, 6.45) is 7.19. The highest BCUT2D eigenvalue weighted by Crippen LogP contribution is 2.27. The molecule has 2 rings (SSSR count). The number of esters is 1. The van der Waals surface area contributed by atoms with E-state index in [1.165, 1.54) is 20.0 Å². The van der Waals surface area contributed by atoms with E-state index in [9.17, 15) is 9.59 Å². The molecule has 5 heteroatoms. The molecule has 2 aliphatic rings. The molecule has 1 saturated heterocycles. The summed E-state index contributed by atoms with van der Waals surface area (Å²) in [6.45, 7) is 1.07. The van der Waals surface area contributed by atoms with Crippen molar-refractivity contribution in [2.45, 2.75) is 57.0 Å². The molecule has 5 nitrogen and oxygen atoms in total. The summed E-state index contributed by atoms with van der Waals surface area (Å²) in [5.74, 6) is -0.0908. The van der Waals surface area contributed by atoms with Crippen molar-refractivity contribution in [1.29, 1.82) is 0 Å². The third-order valence-electron chi connectivity index (χ3n) is 4.26. The predicted molar refractivity (Wildman–Crippen MR) is 71.6 cm³/mol. The maximum Gasteiger partial charge on any atom is 0.319 e. The molecule has 1 atom stereocenters. The van der Waals surface area contributed by atoms with Crippen LogP contribution in [0.25, 0.3) is 0 Å². The number of hydrogen-bond acceptors (Lipinski definition) is 4. The lowest BCUT2D eigenvalue weighted by atomic mass is 10.0. The van der Waals surface area contributed by atoms with Gasteiger partial charge >= 0.3 is 5.97 Å². The normalized spacial score (nSPS) is 25.2. The van der Waals surface area contributed by atoms with Crippen LogP contribution in [-0.2, 0) is 14.3 Å². The van der Waals surface area contributed by atoms with Gasteiger partial charge < -0.3 is 10.1 Å². The lowest BCUT2D eigenvalue weighted by molar-refractivity contribution is -0.143. The van der Waals surface area contributed by atoms with E-state index in [0.717, 1.165) is 32.2 Å². The van der Waals surface area contributed by atoms with E-state index in [-0.39, 0.29) is 17.9 Å². The summed E-state index contributed by atoms with van der Waals surface area (Å²) in [7, 11) is 1.43. The smallest absolute Gasteiger partial charge is 0.319 e. The highest BCUT2D eigenvalue weighted by molar-refractivity contribution is 5.77. The molecule has 0 radical (unpaired) electrons. The number of carbonyl (C=O) groups is 2. The van der Waals surface area contributed by atoms with Gasteiger partial charge in [0, 0.05) is 25.0 Å². The van der Waals surface area contributed by atoms with Crippen LogP contribution >= 0.6 is 0 Å². The number of hydrogen-bond donors (Lipinski definition) is 1. The highest BCUT2D eigenvalue weighted by Gasteiger charge is 2.32. The van der Waals surface area contributed by atoms with Crippen molar-refractivity contribution in [3.05, 3.63) is 0 Å². The zero-order chi connectivity index (χ0) is 13.7. The van der Waals surface area contributed by atoms with Crippen LogP contribution in [0.15, 0.2) is 0 Å². The minimum Gasteiger partial charge on any atom is -0.468 e. The third-order valence-corrected chi connectivity index (χ3v) is 4.26. The molecule has 1 N–H and O–H groups in total. The number of nitrogens with one attached hydrogen (secondary N) is 1. The van der Waals surface area contributed by atoms with Crippen molar-refractivity contribution in [2.75, 3.05) is 20.2 Å². The average Bonchev–Trinajstić information content (AvgIpc) is 2.84. The van der Waals surface area contributed by atoms with Crippen LogP contribution in [0.2, 0.25) is 0 Å². The fourth-order valence-corrected chi connectivity index (χ4v) is 3.24. The summed E-state index contributed by atoms with van der Waals surface area (Å²) < 4.78 is 4.81. The summed E-state index contributed by atoms with van der Waals surface area (Å²) >= 11 is 0. The van der Waals surface area contributed by atoms with E-state index in [1.807, 2.05) is 0 Å². The Labute approximate surface area is 114 Å². The molecule has 1 unspecified atom stereocenters. The van der Waals surface area contributed by atoms with Gasteiger partial charge in [-0.25, -0.2) is 0 Å². The van der Waals surface area contributed by atoms with Crippen LogP contribution in [0, 0.1) is 0 Å². The molecular formula is C14H24N2O3. The van der Waals surface area contributed by atoms with Crippen molar-refractivity contribution in [1.82, 2.24) is 10.2 Å². The monoisotopic (exact) mass is 268 g/mol. The minimum atomic E-state index is -0.198.